The number of benzene rings is 1. The number of hydrogen-bond donors (Lipinski definition) is 0. The second-order valence-corrected chi connectivity index (χ2v) is 11.4. The predicted molar refractivity (Wildman–Crippen MR) is 132 cm³/mol. The number of Topliss-reactive ketones (excluding diaryl/α,β-unsaturated/α-hetero) is 1. The quantitative estimate of drug-likeness (QED) is 0.145. The maximum atomic E-state index is 12.8. The van der Waals surface area contributed by atoms with E-state index in [4.69, 9.17) is 26.3 Å². The van der Waals surface area contributed by atoms with Gasteiger partial charge in [-0.25, -0.2) is 9.97 Å². The average molecular weight is 493 g/mol. The van der Waals surface area contributed by atoms with Gasteiger partial charge < -0.3 is 4.74 Å². The lowest BCUT2D eigenvalue weighted by atomic mass is 9.90. The Hall–Kier alpha value is -1.12. The summed E-state index contributed by atoms with van der Waals surface area (Å²) < 4.78 is 6.16. The molecular weight excluding hydrogens is 468 g/mol. The molecule has 0 aliphatic carbocycles. The molecule has 1 unspecified atom stereocenters. The van der Waals surface area contributed by atoms with Crippen molar-refractivity contribution in [2.24, 2.45) is 0 Å². The molecular formula is C23H25ClN2O2S3. The van der Waals surface area contributed by atoms with Gasteiger partial charge in [-0.05, 0) is 49.6 Å². The van der Waals surface area contributed by atoms with E-state index >= 15 is 0 Å². The third-order valence-electron chi connectivity index (χ3n) is 5.47. The fourth-order valence-corrected chi connectivity index (χ4v) is 6.52. The summed E-state index contributed by atoms with van der Waals surface area (Å²) in [5.74, 6) is 1.38. The summed E-state index contributed by atoms with van der Waals surface area (Å²) in [6, 6.07) is 7.06. The van der Waals surface area contributed by atoms with E-state index < -0.39 is 0 Å². The number of hydrogen-bond acceptors (Lipinski definition) is 7. The summed E-state index contributed by atoms with van der Waals surface area (Å²) in [6.45, 7) is 7.10. The number of carbonyl (C=O) groups is 1. The molecule has 0 N–H and O–H groups in total. The van der Waals surface area contributed by atoms with Crippen molar-refractivity contribution in [1.82, 2.24) is 9.97 Å². The number of rotatable bonds is 8. The number of nitrogens with zero attached hydrogens (tertiary/aromatic N) is 2. The zero-order chi connectivity index (χ0) is 22.0. The molecule has 0 saturated carbocycles. The van der Waals surface area contributed by atoms with Crippen LogP contribution in [0.2, 0.25) is 5.02 Å². The molecule has 1 atom stereocenters. The van der Waals surface area contributed by atoms with E-state index in [1.165, 1.54) is 22.2 Å². The number of thiophene rings is 1. The fourth-order valence-electron chi connectivity index (χ4n) is 3.46. The highest BCUT2D eigenvalue weighted by Crippen LogP contribution is 2.43. The van der Waals surface area contributed by atoms with Crippen molar-refractivity contribution in [3.63, 3.8) is 0 Å². The molecule has 1 aliphatic heterocycles. The van der Waals surface area contributed by atoms with Gasteiger partial charge in [0.1, 0.15) is 9.86 Å². The Morgan fingerprint density at radius 1 is 1.23 bits per heavy atom. The Morgan fingerprint density at radius 3 is 2.71 bits per heavy atom. The van der Waals surface area contributed by atoms with Crippen LogP contribution in [-0.4, -0.2) is 32.9 Å². The van der Waals surface area contributed by atoms with Crippen LogP contribution < -0.4 is 0 Å². The number of carbonyl (C=O) groups excluding carboxylic acids is 1. The van der Waals surface area contributed by atoms with Crippen LogP contribution in [0.5, 0.6) is 0 Å². The van der Waals surface area contributed by atoms with Crippen molar-refractivity contribution in [2.75, 3.05) is 11.5 Å². The number of fused-ring (bicyclic) bond motifs is 3. The molecule has 4 rings (SSSR count). The molecule has 2 aromatic heterocycles. The van der Waals surface area contributed by atoms with Crippen LogP contribution in [0.25, 0.3) is 10.2 Å². The first-order valence-corrected chi connectivity index (χ1v) is 13.6. The van der Waals surface area contributed by atoms with Gasteiger partial charge in [0, 0.05) is 33.0 Å². The normalized spacial score (nSPS) is 18.3. The number of ketones is 1. The van der Waals surface area contributed by atoms with E-state index in [0.29, 0.717) is 22.9 Å². The summed E-state index contributed by atoms with van der Waals surface area (Å²) in [4.78, 5) is 24.7. The maximum Gasteiger partial charge on any atom is 0.190 e. The van der Waals surface area contributed by atoms with Gasteiger partial charge in [0.05, 0.1) is 18.0 Å². The molecule has 31 heavy (non-hydrogen) atoms. The van der Waals surface area contributed by atoms with Crippen LogP contribution in [0.1, 0.15) is 54.4 Å². The monoisotopic (exact) mass is 492 g/mol. The van der Waals surface area contributed by atoms with E-state index in [9.17, 15) is 4.79 Å². The molecule has 4 nitrogen and oxygen atoms in total. The molecule has 0 radical (unpaired) electrons. The summed E-state index contributed by atoms with van der Waals surface area (Å²) in [5, 5.41) is 3.43. The van der Waals surface area contributed by atoms with Crippen molar-refractivity contribution >= 4 is 62.5 Å². The highest BCUT2D eigenvalue weighted by molar-refractivity contribution is 8.00. The van der Waals surface area contributed by atoms with Crippen molar-refractivity contribution in [3.05, 3.63) is 45.3 Å². The lowest BCUT2D eigenvalue weighted by Gasteiger charge is -2.33. The van der Waals surface area contributed by atoms with Crippen molar-refractivity contribution in [2.45, 2.75) is 62.4 Å². The topological polar surface area (TPSA) is 52.1 Å². The summed E-state index contributed by atoms with van der Waals surface area (Å²) in [7, 11) is 0. The second-order valence-electron chi connectivity index (χ2n) is 7.83. The fraction of sp³-hybridized carbons (Fsp3) is 0.435. The minimum absolute atomic E-state index is 0.0713. The van der Waals surface area contributed by atoms with Gasteiger partial charge in [-0.3, -0.25) is 4.79 Å². The van der Waals surface area contributed by atoms with Crippen LogP contribution >= 0.6 is 46.5 Å². The van der Waals surface area contributed by atoms with Crippen LogP contribution in [0.3, 0.4) is 0 Å². The van der Waals surface area contributed by atoms with E-state index in [2.05, 4.69) is 20.8 Å². The molecule has 3 aromatic rings. The number of ether oxygens (including phenoxy) is 1. The minimum atomic E-state index is -0.169. The molecule has 0 saturated heterocycles. The van der Waals surface area contributed by atoms with E-state index in [1.54, 1.807) is 47.4 Å². The zero-order valence-corrected chi connectivity index (χ0v) is 21.1. The Kier molecular flexibility index (Phi) is 7.28. The molecule has 0 bridgehead atoms. The predicted octanol–water partition coefficient (Wildman–Crippen LogP) is 7.06. The van der Waals surface area contributed by atoms with Gasteiger partial charge in [-0.15, -0.1) is 11.3 Å². The SMILES string of the molecule is CCCSc1nc(SCC(=O)c2ccc(Cl)cc2)c2c3c(sc2n1)COC(C)(CC)C3. The van der Waals surface area contributed by atoms with E-state index in [0.717, 1.165) is 45.4 Å². The maximum absolute atomic E-state index is 12.8. The van der Waals surface area contributed by atoms with Crippen LogP contribution in [0.4, 0.5) is 0 Å². The van der Waals surface area contributed by atoms with E-state index in [-0.39, 0.29) is 11.4 Å². The molecule has 8 heteroatoms. The number of halogens is 1. The Morgan fingerprint density at radius 2 is 2.00 bits per heavy atom. The summed E-state index contributed by atoms with van der Waals surface area (Å²) in [5.41, 5.74) is 1.80. The van der Waals surface area contributed by atoms with Crippen molar-refractivity contribution in [1.29, 1.82) is 0 Å². The molecule has 1 aliphatic rings. The van der Waals surface area contributed by atoms with Gasteiger partial charge in [-0.1, -0.05) is 49.0 Å². The van der Waals surface area contributed by atoms with Crippen molar-refractivity contribution in [3.8, 4) is 0 Å². The molecule has 164 valence electrons. The van der Waals surface area contributed by atoms with E-state index in [1.807, 2.05) is 0 Å². The lowest BCUT2D eigenvalue weighted by molar-refractivity contribution is -0.0543. The van der Waals surface area contributed by atoms with Crippen LogP contribution in [0, 0.1) is 0 Å². The second kappa shape index (κ2) is 9.79. The number of thioether (sulfide) groups is 2. The highest BCUT2D eigenvalue weighted by Gasteiger charge is 2.33. The molecule has 0 spiro atoms. The first-order chi connectivity index (χ1) is 14.9. The highest BCUT2D eigenvalue weighted by atomic mass is 35.5. The van der Waals surface area contributed by atoms with Gasteiger partial charge in [0.2, 0.25) is 0 Å². The van der Waals surface area contributed by atoms with Gasteiger partial charge in [0.15, 0.2) is 10.9 Å². The van der Waals surface area contributed by atoms with Gasteiger partial charge in [0.25, 0.3) is 0 Å². The Balaban J connectivity index is 1.68. The molecule has 0 fully saturated rings. The standard InChI is InChI=1S/C23H25ClN2O2S3/c1-4-10-29-22-25-20(30-13-17(27)14-6-8-15(24)9-7-14)19-16-11-23(3,5-2)28-12-18(16)31-21(19)26-22/h6-9H,4-5,10-13H2,1-3H3. The van der Waals surface area contributed by atoms with Gasteiger partial charge in [-0.2, -0.15) is 0 Å². The lowest BCUT2D eigenvalue weighted by Crippen LogP contribution is -2.33. The van der Waals surface area contributed by atoms with Crippen LogP contribution in [0.15, 0.2) is 34.4 Å². The number of aromatic nitrogens is 2. The van der Waals surface area contributed by atoms with Gasteiger partial charge >= 0.3 is 0 Å². The minimum Gasteiger partial charge on any atom is -0.369 e. The first-order valence-electron chi connectivity index (χ1n) is 10.4. The summed E-state index contributed by atoms with van der Waals surface area (Å²) in [6.07, 6.45) is 2.86. The largest absolute Gasteiger partial charge is 0.369 e. The third kappa shape index (κ3) is 5.11. The Bertz CT molecular complexity index is 1100. The molecule has 3 heterocycles. The molecule has 0 amide bonds. The Labute approximate surface area is 200 Å². The van der Waals surface area contributed by atoms with Crippen molar-refractivity contribution < 1.29 is 9.53 Å². The summed E-state index contributed by atoms with van der Waals surface area (Å²) >= 11 is 10.8. The van der Waals surface area contributed by atoms with Crippen LogP contribution in [-0.2, 0) is 17.8 Å². The zero-order valence-electron chi connectivity index (χ0n) is 17.9. The molecule has 1 aromatic carbocycles. The first kappa shape index (κ1) is 23.1. The smallest absolute Gasteiger partial charge is 0.190 e. The average Bonchev–Trinajstić information content (AvgIpc) is 3.13. The third-order valence-corrected chi connectivity index (χ3v) is 8.85.